The summed E-state index contributed by atoms with van der Waals surface area (Å²) in [4.78, 5) is 11.6. The van der Waals surface area contributed by atoms with Crippen LogP contribution in [0.15, 0.2) is 40.7 Å². The molecule has 1 aromatic heterocycles. The number of halogens is 1. The van der Waals surface area contributed by atoms with E-state index in [1.807, 2.05) is 7.05 Å². The molecule has 0 radical (unpaired) electrons. The van der Waals surface area contributed by atoms with Gasteiger partial charge in [-0.1, -0.05) is 37.3 Å². The van der Waals surface area contributed by atoms with Gasteiger partial charge < -0.3 is 10.6 Å². The van der Waals surface area contributed by atoms with Gasteiger partial charge in [-0.25, -0.2) is 4.98 Å². The van der Waals surface area contributed by atoms with Crippen molar-refractivity contribution in [3.05, 3.63) is 52.0 Å². The van der Waals surface area contributed by atoms with Crippen LogP contribution in [0.1, 0.15) is 36.0 Å². The number of rotatable bonds is 8. The summed E-state index contributed by atoms with van der Waals surface area (Å²) < 4.78 is 0. The number of aryl methyl sites for hydroxylation is 1. The molecule has 2 N–H and O–H groups in total. The zero-order chi connectivity index (χ0) is 18.9. The lowest BCUT2D eigenvalue weighted by Crippen LogP contribution is -2.45. The summed E-state index contributed by atoms with van der Waals surface area (Å²) >= 11 is 1.75. The van der Waals surface area contributed by atoms with Crippen LogP contribution in [0.2, 0.25) is 0 Å². The van der Waals surface area contributed by atoms with E-state index < -0.39 is 0 Å². The van der Waals surface area contributed by atoms with Crippen molar-refractivity contribution in [1.29, 1.82) is 0 Å². The van der Waals surface area contributed by atoms with Crippen LogP contribution in [0.5, 0.6) is 0 Å². The summed E-state index contributed by atoms with van der Waals surface area (Å²) in [5.74, 6) is 0.882. The molecule has 1 saturated heterocycles. The van der Waals surface area contributed by atoms with Crippen LogP contribution in [0.3, 0.4) is 0 Å². The van der Waals surface area contributed by atoms with Gasteiger partial charge in [-0.05, 0) is 31.4 Å². The van der Waals surface area contributed by atoms with E-state index in [1.165, 1.54) is 35.7 Å². The highest BCUT2D eigenvalue weighted by Gasteiger charge is 2.24. The van der Waals surface area contributed by atoms with Crippen molar-refractivity contribution >= 4 is 41.3 Å². The molecule has 2 heterocycles. The molecule has 7 heteroatoms. The molecule has 1 aliphatic heterocycles. The van der Waals surface area contributed by atoms with E-state index >= 15 is 0 Å². The van der Waals surface area contributed by atoms with Gasteiger partial charge in [0.2, 0.25) is 0 Å². The van der Waals surface area contributed by atoms with Gasteiger partial charge in [-0.3, -0.25) is 9.89 Å². The first-order valence-electron chi connectivity index (χ1n) is 9.94. The molecule has 1 fully saturated rings. The third-order valence-corrected chi connectivity index (χ3v) is 6.07. The Bertz CT molecular complexity index is 719. The van der Waals surface area contributed by atoms with Crippen LogP contribution in [0.25, 0.3) is 0 Å². The Kier molecular flexibility index (Phi) is 10.2. The number of aliphatic imine (C=N–C) groups is 1. The lowest BCUT2D eigenvalue weighted by Gasteiger charge is -2.25. The molecule has 2 aromatic rings. The van der Waals surface area contributed by atoms with Gasteiger partial charge in [0.05, 0.1) is 10.7 Å². The standard InChI is InChI=1S/C21H31N5S.HI/c1-3-20-25-18(16-27-20)11-12-23-21(22-2)24-14-19-10-7-13-26(19)15-17-8-5-4-6-9-17;/h4-6,8-9,16,19H,3,7,10-15H2,1-2H3,(H2,22,23,24);1H. The Morgan fingerprint density at radius 1 is 1.29 bits per heavy atom. The van der Waals surface area contributed by atoms with Crippen molar-refractivity contribution < 1.29 is 0 Å². The molecule has 1 aromatic carbocycles. The van der Waals surface area contributed by atoms with E-state index in [4.69, 9.17) is 0 Å². The third kappa shape index (κ3) is 7.00. The number of hydrogen-bond acceptors (Lipinski definition) is 4. The molecule has 0 saturated carbocycles. The molecule has 0 amide bonds. The van der Waals surface area contributed by atoms with Crippen LogP contribution >= 0.6 is 35.3 Å². The predicted molar refractivity (Wildman–Crippen MR) is 130 cm³/mol. The summed E-state index contributed by atoms with van der Waals surface area (Å²) in [6.07, 6.45) is 4.47. The number of nitrogens with one attached hydrogen (secondary N) is 2. The smallest absolute Gasteiger partial charge is 0.191 e. The summed E-state index contributed by atoms with van der Waals surface area (Å²) in [7, 11) is 1.84. The van der Waals surface area contributed by atoms with Crippen molar-refractivity contribution in [3.63, 3.8) is 0 Å². The van der Waals surface area contributed by atoms with Crippen LogP contribution in [-0.2, 0) is 19.4 Å². The number of likely N-dealkylation sites (tertiary alicyclic amines) is 1. The minimum atomic E-state index is 0. The Morgan fingerprint density at radius 3 is 2.82 bits per heavy atom. The average molecular weight is 513 g/mol. The maximum Gasteiger partial charge on any atom is 0.191 e. The van der Waals surface area contributed by atoms with Gasteiger partial charge in [-0.15, -0.1) is 35.3 Å². The number of nitrogens with zero attached hydrogens (tertiary/aromatic N) is 3. The molecule has 0 spiro atoms. The quantitative estimate of drug-likeness (QED) is 0.321. The molecule has 28 heavy (non-hydrogen) atoms. The van der Waals surface area contributed by atoms with Crippen molar-refractivity contribution in [3.8, 4) is 0 Å². The molecule has 3 rings (SSSR count). The average Bonchev–Trinajstić information content (AvgIpc) is 3.34. The van der Waals surface area contributed by atoms with Crippen molar-refractivity contribution in [2.75, 3.05) is 26.7 Å². The first kappa shape index (κ1) is 23.1. The number of aromatic nitrogens is 1. The molecule has 0 bridgehead atoms. The van der Waals surface area contributed by atoms with Crippen LogP contribution < -0.4 is 10.6 Å². The van der Waals surface area contributed by atoms with Crippen LogP contribution in [0, 0.1) is 0 Å². The fourth-order valence-electron chi connectivity index (χ4n) is 3.52. The highest BCUT2D eigenvalue weighted by Crippen LogP contribution is 2.19. The Balaban J connectivity index is 0.00000280. The predicted octanol–water partition coefficient (Wildman–Crippen LogP) is 3.70. The SMILES string of the molecule is CCc1nc(CCNC(=NC)NCC2CCCN2Cc2ccccc2)cs1.I. The zero-order valence-corrected chi connectivity index (χ0v) is 20.0. The Hall–Kier alpha value is -1.19. The van der Waals surface area contributed by atoms with Crippen LogP contribution in [0.4, 0.5) is 0 Å². The van der Waals surface area contributed by atoms with Crippen LogP contribution in [-0.4, -0.2) is 48.6 Å². The van der Waals surface area contributed by atoms with Crippen molar-refractivity contribution in [2.45, 2.75) is 45.2 Å². The maximum atomic E-state index is 4.62. The second-order valence-corrected chi connectivity index (χ2v) is 7.91. The summed E-state index contributed by atoms with van der Waals surface area (Å²) in [6.45, 7) is 6.14. The molecule has 1 unspecified atom stereocenters. The largest absolute Gasteiger partial charge is 0.356 e. The number of hydrogen-bond donors (Lipinski definition) is 2. The minimum Gasteiger partial charge on any atom is -0.356 e. The van der Waals surface area contributed by atoms with E-state index in [-0.39, 0.29) is 24.0 Å². The minimum absolute atomic E-state index is 0. The Morgan fingerprint density at radius 2 is 2.11 bits per heavy atom. The molecule has 154 valence electrons. The fraction of sp³-hybridized carbons (Fsp3) is 0.524. The fourth-order valence-corrected chi connectivity index (χ4v) is 4.30. The first-order chi connectivity index (χ1) is 13.3. The van der Waals surface area contributed by atoms with E-state index in [1.54, 1.807) is 11.3 Å². The van der Waals surface area contributed by atoms with Gasteiger partial charge in [0.1, 0.15) is 0 Å². The van der Waals surface area contributed by atoms with Gasteiger partial charge >= 0.3 is 0 Å². The van der Waals surface area contributed by atoms with Gasteiger partial charge in [0.15, 0.2) is 5.96 Å². The monoisotopic (exact) mass is 513 g/mol. The second-order valence-electron chi connectivity index (χ2n) is 6.97. The lowest BCUT2D eigenvalue weighted by atomic mass is 10.2. The van der Waals surface area contributed by atoms with E-state index in [0.29, 0.717) is 6.04 Å². The zero-order valence-electron chi connectivity index (χ0n) is 16.9. The highest BCUT2D eigenvalue weighted by atomic mass is 127. The van der Waals surface area contributed by atoms with Gasteiger partial charge in [0.25, 0.3) is 0 Å². The second kappa shape index (κ2) is 12.4. The summed E-state index contributed by atoms with van der Waals surface area (Å²) in [5.41, 5.74) is 2.56. The van der Waals surface area contributed by atoms with Gasteiger partial charge in [-0.2, -0.15) is 0 Å². The maximum absolute atomic E-state index is 4.62. The third-order valence-electron chi connectivity index (χ3n) is 5.03. The number of benzene rings is 1. The lowest BCUT2D eigenvalue weighted by molar-refractivity contribution is 0.245. The Labute approximate surface area is 190 Å². The topological polar surface area (TPSA) is 52.6 Å². The molecule has 1 atom stereocenters. The summed E-state index contributed by atoms with van der Waals surface area (Å²) in [5, 5.41) is 10.3. The number of guanidine groups is 1. The summed E-state index contributed by atoms with van der Waals surface area (Å²) in [6, 6.07) is 11.3. The first-order valence-corrected chi connectivity index (χ1v) is 10.8. The molecule has 5 nitrogen and oxygen atoms in total. The highest BCUT2D eigenvalue weighted by molar-refractivity contribution is 14.0. The van der Waals surface area contributed by atoms with Crippen molar-refractivity contribution in [2.24, 2.45) is 4.99 Å². The normalized spacial score (nSPS) is 17.4. The molecular formula is C21H32IN5S. The van der Waals surface area contributed by atoms with E-state index in [9.17, 15) is 0 Å². The van der Waals surface area contributed by atoms with Crippen molar-refractivity contribution in [1.82, 2.24) is 20.5 Å². The number of thiazole rings is 1. The van der Waals surface area contributed by atoms with Gasteiger partial charge in [0, 0.05) is 44.5 Å². The van der Waals surface area contributed by atoms with E-state index in [2.05, 4.69) is 68.1 Å². The molecular weight excluding hydrogens is 481 g/mol. The van der Waals surface area contributed by atoms with E-state index in [0.717, 1.165) is 38.4 Å². The molecule has 1 aliphatic rings. The molecule has 0 aliphatic carbocycles.